The summed E-state index contributed by atoms with van der Waals surface area (Å²) in [5.41, 5.74) is 0.874. The lowest BCUT2D eigenvalue weighted by atomic mass is 10.2. The highest BCUT2D eigenvalue weighted by Crippen LogP contribution is 2.26. The van der Waals surface area contributed by atoms with E-state index in [9.17, 15) is 13.6 Å². The SMILES string of the molecule is CC(NC(=O)Nc1ccccc1OC(F)F)c1cc2ccccc2o1. The van der Waals surface area contributed by atoms with E-state index in [1.165, 1.54) is 18.2 Å². The Balaban J connectivity index is 1.68. The van der Waals surface area contributed by atoms with Gasteiger partial charge in [-0.05, 0) is 31.2 Å². The van der Waals surface area contributed by atoms with Gasteiger partial charge in [0.2, 0.25) is 0 Å². The van der Waals surface area contributed by atoms with Crippen LogP contribution in [0.1, 0.15) is 18.7 Å². The Hall–Kier alpha value is -3.09. The number of urea groups is 1. The van der Waals surface area contributed by atoms with Gasteiger partial charge in [0.1, 0.15) is 17.1 Å². The van der Waals surface area contributed by atoms with Gasteiger partial charge in [-0.2, -0.15) is 8.78 Å². The third-order valence-corrected chi connectivity index (χ3v) is 3.57. The molecule has 2 aromatic carbocycles. The first-order valence-corrected chi connectivity index (χ1v) is 7.63. The number of carbonyl (C=O) groups excluding carboxylic acids is 1. The number of nitrogens with one attached hydrogen (secondary N) is 2. The summed E-state index contributed by atoms with van der Waals surface area (Å²) in [6, 6.07) is 14.4. The molecular weight excluding hydrogens is 330 g/mol. The molecule has 0 bridgehead atoms. The average Bonchev–Trinajstić information content (AvgIpc) is 3.00. The summed E-state index contributed by atoms with van der Waals surface area (Å²) in [6.07, 6.45) is 0. The third-order valence-electron chi connectivity index (χ3n) is 3.57. The molecule has 130 valence electrons. The van der Waals surface area contributed by atoms with Gasteiger partial charge in [0.25, 0.3) is 0 Å². The number of hydrogen-bond donors (Lipinski definition) is 2. The normalized spacial score (nSPS) is 12.2. The number of alkyl halides is 2. The molecule has 1 heterocycles. The van der Waals surface area contributed by atoms with Gasteiger partial charge in [0, 0.05) is 5.39 Å². The molecule has 0 fully saturated rings. The van der Waals surface area contributed by atoms with Crippen LogP contribution in [0.25, 0.3) is 11.0 Å². The number of para-hydroxylation sites is 3. The molecule has 1 aromatic heterocycles. The van der Waals surface area contributed by atoms with E-state index < -0.39 is 18.7 Å². The zero-order valence-electron chi connectivity index (χ0n) is 13.3. The molecule has 2 N–H and O–H groups in total. The number of rotatable bonds is 5. The van der Waals surface area contributed by atoms with Gasteiger partial charge in [-0.25, -0.2) is 4.79 Å². The molecule has 1 atom stereocenters. The van der Waals surface area contributed by atoms with E-state index in [4.69, 9.17) is 4.42 Å². The highest BCUT2D eigenvalue weighted by molar-refractivity contribution is 5.91. The van der Waals surface area contributed by atoms with Crippen molar-refractivity contribution in [3.63, 3.8) is 0 Å². The van der Waals surface area contributed by atoms with E-state index in [2.05, 4.69) is 15.4 Å². The number of halogens is 2. The van der Waals surface area contributed by atoms with Crippen molar-refractivity contribution in [2.45, 2.75) is 19.6 Å². The molecule has 0 radical (unpaired) electrons. The van der Waals surface area contributed by atoms with Gasteiger partial charge >= 0.3 is 12.6 Å². The van der Waals surface area contributed by atoms with Crippen LogP contribution in [0.4, 0.5) is 19.3 Å². The molecule has 0 saturated heterocycles. The summed E-state index contributed by atoms with van der Waals surface area (Å²) < 4.78 is 34.9. The second kappa shape index (κ2) is 7.21. The van der Waals surface area contributed by atoms with Crippen LogP contribution in [0, 0.1) is 0 Å². The maximum atomic E-state index is 12.4. The number of carbonyl (C=O) groups is 1. The molecule has 2 amide bonds. The summed E-state index contributed by atoms with van der Waals surface area (Å²) in [7, 11) is 0. The zero-order chi connectivity index (χ0) is 17.8. The first-order chi connectivity index (χ1) is 12.0. The fourth-order valence-corrected chi connectivity index (χ4v) is 2.41. The fourth-order valence-electron chi connectivity index (χ4n) is 2.41. The van der Waals surface area contributed by atoms with Crippen molar-refractivity contribution in [2.24, 2.45) is 0 Å². The molecule has 0 aliphatic heterocycles. The third kappa shape index (κ3) is 4.06. The summed E-state index contributed by atoms with van der Waals surface area (Å²) in [6.45, 7) is -1.21. The lowest BCUT2D eigenvalue weighted by Crippen LogP contribution is -2.31. The topological polar surface area (TPSA) is 63.5 Å². The number of benzene rings is 2. The van der Waals surface area contributed by atoms with E-state index in [1.807, 2.05) is 30.3 Å². The quantitative estimate of drug-likeness (QED) is 0.689. The summed E-state index contributed by atoms with van der Waals surface area (Å²) in [5.74, 6) is 0.484. The number of anilines is 1. The Labute approximate surface area is 142 Å². The first-order valence-electron chi connectivity index (χ1n) is 7.63. The minimum Gasteiger partial charge on any atom is -0.459 e. The van der Waals surface area contributed by atoms with E-state index in [-0.39, 0.29) is 11.4 Å². The number of fused-ring (bicyclic) bond motifs is 1. The molecule has 1 unspecified atom stereocenters. The van der Waals surface area contributed by atoms with Crippen molar-refractivity contribution in [3.8, 4) is 5.75 Å². The molecule has 0 spiro atoms. The van der Waals surface area contributed by atoms with Crippen LogP contribution < -0.4 is 15.4 Å². The lowest BCUT2D eigenvalue weighted by molar-refractivity contribution is -0.0493. The number of amides is 2. The van der Waals surface area contributed by atoms with Gasteiger partial charge in [-0.15, -0.1) is 0 Å². The van der Waals surface area contributed by atoms with E-state index >= 15 is 0 Å². The Morgan fingerprint density at radius 3 is 2.60 bits per heavy atom. The van der Waals surface area contributed by atoms with Crippen molar-refractivity contribution < 1.29 is 22.7 Å². The molecule has 25 heavy (non-hydrogen) atoms. The van der Waals surface area contributed by atoms with Gasteiger partial charge in [-0.3, -0.25) is 0 Å². The Morgan fingerprint density at radius 2 is 1.84 bits per heavy atom. The molecule has 3 rings (SSSR count). The summed E-state index contributed by atoms with van der Waals surface area (Å²) >= 11 is 0. The number of furan rings is 1. The predicted molar refractivity (Wildman–Crippen MR) is 89.9 cm³/mol. The number of ether oxygens (including phenoxy) is 1. The molecule has 0 aliphatic rings. The molecule has 3 aromatic rings. The predicted octanol–water partition coefficient (Wildman–Crippen LogP) is 4.92. The Kier molecular flexibility index (Phi) is 4.83. The molecular formula is C18H16F2N2O3. The van der Waals surface area contributed by atoms with E-state index in [0.717, 1.165) is 11.0 Å². The van der Waals surface area contributed by atoms with Crippen LogP contribution in [0.2, 0.25) is 0 Å². The summed E-state index contributed by atoms with van der Waals surface area (Å²) in [5, 5.41) is 6.13. The van der Waals surface area contributed by atoms with Crippen LogP contribution in [-0.4, -0.2) is 12.6 Å². The van der Waals surface area contributed by atoms with Gasteiger partial charge in [-0.1, -0.05) is 30.3 Å². The summed E-state index contributed by atoms with van der Waals surface area (Å²) in [4.78, 5) is 12.1. The number of hydrogen-bond acceptors (Lipinski definition) is 3. The van der Waals surface area contributed by atoms with Gasteiger partial charge < -0.3 is 19.8 Å². The molecule has 0 saturated carbocycles. The standard InChI is InChI=1S/C18H16F2N2O3/c1-11(16-10-12-6-2-4-8-14(12)24-16)21-18(23)22-13-7-3-5-9-15(13)25-17(19)20/h2-11,17H,1H3,(H2,21,22,23). The second-order valence-corrected chi connectivity index (χ2v) is 5.38. The monoisotopic (exact) mass is 346 g/mol. The van der Waals surface area contributed by atoms with Crippen molar-refractivity contribution in [2.75, 3.05) is 5.32 Å². The highest BCUT2D eigenvalue weighted by atomic mass is 19.3. The van der Waals surface area contributed by atoms with Crippen LogP contribution in [-0.2, 0) is 0 Å². The Morgan fingerprint density at radius 1 is 1.12 bits per heavy atom. The molecule has 0 aliphatic carbocycles. The van der Waals surface area contributed by atoms with Crippen LogP contribution in [0.15, 0.2) is 59.0 Å². The zero-order valence-corrected chi connectivity index (χ0v) is 13.3. The van der Waals surface area contributed by atoms with Crippen LogP contribution in [0.3, 0.4) is 0 Å². The highest BCUT2D eigenvalue weighted by Gasteiger charge is 2.16. The van der Waals surface area contributed by atoms with Gasteiger partial charge in [0.15, 0.2) is 0 Å². The van der Waals surface area contributed by atoms with Crippen molar-refractivity contribution in [1.82, 2.24) is 5.32 Å². The smallest absolute Gasteiger partial charge is 0.387 e. The maximum absolute atomic E-state index is 12.4. The minimum atomic E-state index is -2.97. The lowest BCUT2D eigenvalue weighted by Gasteiger charge is -2.15. The van der Waals surface area contributed by atoms with Gasteiger partial charge in [0.05, 0.1) is 11.7 Å². The van der Waals surface area contributed by atoms with Crippen molar-refractivity contribution in [1.29, 1.82) is 0 Å². The van der Waals surface area contributed by atoms with Crippen molar-refractivity contribution >= 4 is 22.7 Å². The fraction of sp³-hybridized carbons (Fsp3) is 0.167. The minimum absolute atomic E-state index is 0.107. The maximum Gasteiger partial charge on any atom is 0.387 e. The largest absolute Gasteiger partial charge is 0.459 e. The molecule has 5 nitrogen and oxygen atoms in total. The van der Waals surface area contributed by atoms with Crippen LogP contribution in [0.5, 0.6) is 5.75 Å². The van der Waals surface area contributed by atoms with Crippen molar-refractivity contribution in [3.05, 3.63) is 60.4 Å². The molecule has 7 heteroatoms. The van der Waals surface area contributed by atoms with Crippen LogP contribution >= 0.6 is 0 Å². The Bertz CT molecular complexity index is 846. The van der Waals surface area contributed by atoms with E-state index in [1.54, 1.807) is 13.0 Å². The average molecular weight is 346 g/mol. The van der Waals surface area contributed by atoms with E-state index in [0.29, 0.717) is 5.76 Å². The second-order valence-electron chi connectivity index (χ2n) is 5.38. The first kappa shape index (κ1) is 16.8.